The topological polar surface area (TPSA) is 58.6 Å². The SMILES string of the molecule is CNC(C)(COc1ccccc1)C(=O)O. The van der Waals surface area contributed by atoms with Crippen molar-refractivity contribution in [1.82, 2.24) is 5.32 Å². The lowest BCUT2D eigenvalue weighted by Crippen LogP contribution is -2.52. The zero-order chi connectivity index (χ0) is 11.3. The molecular formula is C11H15NO3. The molecule has 0 fully saturated rings. The van der Waals surface area contributed by atoms with Gasteiger partial charge in [-0.3, -0.25) is 4.79 Å². The quantitative estimate of drug-likeness (QED) is 0.763. The van der Waals surface area contributed by atoms with Crippen LogP contribution in [0.2, 0.25) is 0 Å². The first kappa shape index (κ1) is 11.5. The van der Waals surface area contributed by atoms with Crippen LogP contribution in [0.25, 0.3) is 0 Å². The predicted molar refractivity (Wildman–Crippen MR) is 57.0 cm³/mol. The van der Waals surface area contributed by atoms with E-state index in [4.69, 9.17) is 9.84 Å². The maximum absolute atomic E-state index is 10.9. The molecule has 1 aromatic rings. The maximum atomic E-state index is 10.9. The van der Waals surface area contributed by atoms with Crippen molar-refractivity contribution in [2.75, 3.05) is 13.7 Å². The van der Waals surface area contributed by atoms with Gasteiger partial charge in [-0.15, -0.1) is 0 Å². The molecule has 0 aliphatic rings. The molecule has 0 aliphatic heterocycles. The lowest BCUT2D eigenvalue weighted by molar-refractivity contribution is -0.145. The molecule has 1 rings (SSSR count). The van der Waals surface area contributed by atoms with Crippen molar-refractivity contribution in [2.45, 2.75) is 12.5 Å². The van der Waals surface area contributed by atoms with Crippen molar-refractivity contribution in [3.63, 3.8) is 0 Å². The third-order valence-electron chi connectivity index (χ3n) is 2.29. The molecule has 4 nitrogen and oxygen atoms in total. The summed E-state index contributed by atoms with van der Waals surface area (Å²) in [7, 11) is 1.60. The largest absolute Gasteiger partial charge is 0.491 e. The molecule has 0 amide bonds. The molecule has 0 bridgehead atoms. The number of carboxylic acid groups (broad SMARTS) is 1. The van der Waals surface area contributed by atoms with Crippen molar-refractivity contribution in [2.24, 2.45) is 0 Å². The van der Waals surface area contributed by atoms with Gasteiger partial charge in [0.05, 0.1) is 0 Å². The first-order valence-electron chi connectivity index (χ1n) is 4.68. The van der Waals surface area contributed by atoms with E-state index < -0.39 is 11.5 Å². The van der Waals surface area contributed by atoms with Gasteiger partial charge in [-0.1, -0.05) is 18.2 Å². The van der Waals surface area contributed by atoms with Crippen LogP contribution < -0.4 is 10.1 Å². The number of rotatable bonds is 5. The molecular weight excluding hydrogens is 194 g/mol. The molecule has 15 heavy (non-hydrogen) atoms. The number of carbonyl (C=O) groups is 1. The standard InChI is InChI=1S/C11H15NO3/c1-11(12-2,10(13)14)8-15-9-6-4-3-5-7-9/h3-7,12H,8H2,1-2H3,(H,13,14). The Hall–Kier alpha value is -1.55. The minimum absolute atomic E-state index is 0.0862. The van der Waals surface area contributed by atoms with Crippen LogP contribution in [0, 0.1) is 0 Å². The Morgan fingerprint density at radius 1 is 1.47 bits per heavy atom. The van der Waals surface area contributed by atoms with Crippen molar-refractivity contribution in [1.29, 1.82) is 0 Å². The van der Waals surface area contributed by atoms with Crippen LogP contribution in [-0.2, 0) is 4.79 Å². The van der Waals surface area contributed by atoms with E-state index in [1.54, 1.807) is 26.1 Å². The molecule has 0 aliphatic carbocycles. The van der Waals surface area contributed by atoms with E-state index in [1.165, 1.54) is 0 Å². The number of ether oxygens (including phenoxy) is 1. The Bertz CT molecular complexity index is 326. The van der Waals surface area contributed by atoms with E-state index in [1.807, 2.05) is 18.2 Å². The van der Waals surface area contributed by atoms with E-state index in [9.17, 15) is 4.79 Å². The van der Waals surface area contributed by atoms with Gasteiger partial charge in [-0.2, -0.15) is 0 Å². The molecule has 1 unspecified atom stereocenters. The number of benzene rings is 1. The minimum atomic E-state index is -1.06. The summed E-state index contributed by atoms with van der Waals surface area (Å²) in [6.07, 6.45) is 0. The smallest absolute Gasteiger partial charge is 0.327 e. The second kappa shape index (κ2) is 4.79. The lowest BCUT2D eigenvalue weighted by atomic mass is 10.1. The molecule has 0 radical (unpaired) electrons. The van der Waals surface area contributed by atoms with Crippen LogP contribution in [0.3, 0.4) is 0 Å². The third kappa shape index (κ3) is 2.95. The van der Waals surface area contributed by atoms with Crippen LogP contribution in [0.1, 0.15) is 6.92 Å². The average molecular weight is 209 g/mol. The molecule has 0 aromatic heterocycles. The van der Waals surface area contributed by atoms with Crippen LogP contribution in [0.4, 0.5) is 0 Å². The number of nitrogens with one attached hydrogen (secondary N) is 1. The highest BCUT2D eigenvalue weighted by molar-refractivity contribution is 5.78. The van der Waals surface area contributed by atoms with Crippen LogP contribution in [0.15, 0.2) is 30.3 Å². The zero-order valence-electron chi connectivity index (χ0n) is 8.86. The maximum Gasteiger partial charge on any atom is 0.327 e. The van der Waals surface area contributed by atoms with Crippen molar-refractivity contribution < 1.29 is 14.6 Å². The number of carboxylic acids is 1. The van der Waals surface area contributed by atoms with Gasteiger partial charge in [-0.05, 0) is 26.1 Å². The van der Waals surface area contributed by atoms with Gasteiger partial charge >= 0.3 is 5.97 Å². The lowest BCUT2D eigenvalue weighted by Gasteiger charge is -2.24. The summed E-state index contributed by atoms with van der Waals surface area (Å²) in [6.45, 7) is 1.67. The fourth-order valence-corrected chi connectivity index (χ4v) is 0.985. The number of likely N-dealkylation sites (N-methyl/N-ethyl adjacent to an activating group) is 1. The van der Waals surface area contributed by atoms with Crippen molar-refractivity contribution >= 4 is 5.97 Å². The Morgan fingerprint density at radius 3 is 2.53 bits per heavy atom. The van der Waals surface area contributed by atoms with E-state index in [-0.39, 0.29) is 6.61 Å². The van der Waals surface area contributed by atoms with Gasteiger partial charge in [-0.25, -0.2) is 0 Å². The Kier molecular flexibility index (Phi) is 3.68. The fourth-order valence-electron chi connectivity index (χ4n) is 0.985. The highest BCUT2D eigenvalue weighted by Gasteiger charge is 2.32. The van der Waals surface area contributed by atoms with Gasteiger partial charge < -0.3 is 15.2 Å². The third-order valence-corrected chi connectivity index (χ3v) is 2.29. The number of hydrogen-bond acceptors (Lipinski definition) is 3. The number of aliphatic carboxylic acids is 1. The first-order valence-corrected chi connectivity index (χ1v) is 4.68. The van der Waals surface area contributed by atoms with E-state index in [2.05, 4.69) is 5.32 Å². The minimum Gasteiger partial charge on any atom is -0.491 e. The highest BCUT2D eigenvalue weighted by Crippen LogP contribution is 2.12. The molecule has 82 valence electrons. The summed E-state index contributed by atoms with van der Waals surface area (Å²) >= 11 is 0. The summed E-state index contributed by atoms with van der Waals surface area (Å²) in [5, 5.41) is 11.7. The van der Waals surface area contributed by atoms with Crippen molar-refractivity contribution in [3.05, 3.63) is 30.3 Å². The van der Waals surface area contributed by atoms with Gasteiger partial charge in [0.2, 0.25) is 0 Å². The fraction of sp³-hybridized carbons (Fsp3) is 0.364. The normalized spacial score (nSPS) is 14.3. The summed E-state index contributed by atoms with van der Waals surface area (Å²) in [5.41, 5.74) is -1.06. The van der Waals surface area contributed by atoms with Gasteiger partial charge in [0, 0.05) is 0 Å². The summed E-state index contributed by atoms with van der Waals surface area (Å²) in [5.74, 6) is -0.263. The molecule has 1 aromatic carbocycles. The van der Waals surface area contributed by atoms with E-state index in [0.29, 0.717) is 5.75 Å². The molecule has 2 N–H and O–H groups in total. The second-order valence-electron chi connectivity index (χ2n) is 3.49. The number of hydrogen-bond donors (Lipinski definition) is 2. The van der Waals surface area contributed by atoms with Gasteiger partial charge in [0.1, 0.15) is 17.9 Å². The Labute approximate surface area is 88.9 Å². The van der Waals surface area contributed by atoms with Crippen molar-refractivity contribution in [3.8, 4) is 5.75 Å². The summed E-state index contributed by atoms with van der Waals surface area (Å²) in [6, 6.07) is 9.14. The van der Waals surface area contributed by atoms with Gasteiger partial charge in [0.15, 0.2) is 0 Å². The molecule has 1 atom stereocenters. The zero-order valence-corrected chi connectivity index (χ0v) is 8.86. The molecule has 0 saturated heterocycles. The molecule has 4 heteroatoms. The first-order chi connectivity index (χ1) is 7.08. The Morgan fingerprint density at radius 2 is 2.07 bits per heavy atom. The Balaban J connectivity index is 2.59. The van der Waals surface area contributed by atoms with Crippen LogP contribution in [-0.4, -0.2) is 30.3 Å². The van der Waals surface area contributed by atoms with E-state index >= 15 is 0 Å². The summed E-state index contributed by atoms with van der Waals surface area (Å²) < 4.78 is 5.38. The highest BCUT2D eigenvalue weighted by atomic mass is 16.5. The van der Waals surface area contributed by atoms with Crippen LogP contribution >= 0.6 is 0 Å². The predicted octanol–water partition coefficient (Wildman–Crippen LogP) is 1.13. The number of para-hydroxylation sites is 1. The molecule has 0 saturated carbocycles. The monoisotopic (exact) mass is 209 g/mol. The van der Waals surface area contributed by atoms with Gasteiger partial charge in [0.25, 0.3) is 0 Å². The molecule has 0 heterocycles. The van der Waals surface area contributed by atoms with E-state index in [0.717, 1.165) is 0 Å². The summed E-state index contributed by atoms with van der Waals surface area (Å²) in [4.78, 5) is 10.9. The second-order valence-corrected chi connectivity index (χ2v) is 3.49. The molecule has 0 spiro atoms. The van der Waals surface area contributed by atoms with Crippen LogP contribution in [0.5, 0.6) is 5.75 Å². The average Bonchev–Trinajstić information content (AvgIpc) is 2.27.